The van der Waals surface area contributed by atoms with Crippen molar-refractivity contribution in [3.63, 3.8) is 0 Å². The first-order valence-corrected chi connectivity index (χ1v) is 7.79. The molecule has 0 bridgehead atoms. The van der Waals surface area contributed by atoms with Crippen LogP contribution in [0.2, 0.25) is 0 Å². The Hall–Kier alpha value is -1.91. The number of aromatic nitrogens is 4. The maximum absolute atomic E-state index is 4.68. The minimum atomic E-state index is 0.893. The first-order valence-electron chi connectivity index (χ1n) is 7.79. The van der Waals surface area contributed by atoms with Gasteiger partial charge in [-0.1, -0.05) is 13.3 Å². The number of hydrogen-bond acceptors (Lipinski definition) is 4. The van der Waals surface area contributed by atoms with Crippen molar-refractivity contribution in [1.82, 2.24) is 20.2 Å². The van der Waals surface area contributed by atoms with Crippen LogP contribution >= 0.6 is 0 Å². The molecule has 0 amide bonds. The highest BCUT2D eigenvalue weighted by molar-refractivity contribution is 5.47. The van der Waals surface area contributed by atoms with Crippen LogP contribution in [0.5, 0.6) is 0 Å². The average Bonchev–Trinajstić information content (AvgIpc) is 2.90. The molecular formula is C16H23N5. The molecule has 0 spiro atoms. The lowest BCUT2D eigenvalue weighted by molar-refractivity contribution is 0.695. The molecule has 0 radical (unpaired) electrons. The van der Waals surface area contributed by atoms with E-state index in [1.807, 2.05) is 20.0 Å². The van der Waals surface area contributed by atoms with Crippen LogP contribution in [0, 0.1) is 13.8 Å². The largest absolute Gasteiger partial charge is 0.350 e. The molecule has 5 heteroatoms. The van der Waals surface area contributed by atoms with Gasteiger partial charge in [0.2, 0.25) is 0 Å². The second kappa shape index (κ2) is 5.84. The van der Waals surface area contributed by atoms with Gasteiger partial charge in [-0.2, -0.15) is 5.10 Å². The molecule has 0 fully saturated rings. The molecule has 0 saturated carbocycles. The zero-order valence-electron chi connectivity index (χ0n) is 13.1. The Balaban J connectivity index is 1.86. The molecule has 1 N–H and O–H groups in total. The van der Waals surface area contributed by atoms with Crippen molar-refractivity contribution in [2.45, 2.75) is 53.0 Å². The number of nitrogens with zero attached hydrogens (tertiary/aromatic N) is 4. The van der Waals surface area contributed by atoms with Crippen molar-refractivity contribution in [2.24, 2.45) is 0 Å². The first-order chi connectivity index (χ1) is 10.2. The van der Waals surface area contributed by atoms with Crippen LogP contribution in [-0.2, 0) is 19.4 Å². The molecule has 112 valence electrons. The maximum atomic E-state index is 4.68. The van der Waals surface area contributed by atoms with Gasteiger partial charge in [-0.3, -0.25) is 10.1 Å². The molecule has 0 atom stereocenters. The molecule has 3 heterocycles. The Bertz CT molecular complexity index is 632. The van der Waals surface area contributed by atoms with Crippen molar-refractivity contribution < 1.29 is 0 Å². The van der Waals surface area contributed by atoms with Gasteiger partial charge in [0, 0.05) is 37.0 Å². The summed E-state index contributed by atoms with van der Waals surface area (Å²) in [7, 11) is 0. The molecule has 0 saturated heterocycles. The normalized spacial score (nSPS) is 14.3. The zero-order chi connectivity index (χ0) is 14.8. The number of rotatable bonds is 4. The van der Waals surface area contributed by atoms with Gasteiger partial charge >= 0.3 is 0 Å². The fourth-order valence-corrected chi connectivity index (χ4v) is 2.91. The van der Waals surface area contributed by atoms with Crippen molar-refractivity contribution in [3.05, 3.63) is 34.5 Å². The fraction of sp³-hybridized carbons (Fsp3) is 0.562. The van der Waals surface area contributed by atoms with Gasteiger partial charge in [0.15, 0.2) is 5.82 Å². The van der Waals surface area contributed by atoms with E-state index in [9.17, 15) is 0 Å². The van der Waals surface area contributed by atoms with E-state index in [4.69, 9.17) is 0 Å². The smallest absolute Gasteiger partial charge is 0.150 e. The Morgan fingerprint density at radius 3 is 3.00 bits per heavy atom. The summed E-state index contributed by atoms with van der Waals surface area (Å²) in [4.78, 5) is 11.5. The minimum Gasteiger partial charge on any atom is -0.350 e. The fourth-order valence-electron chi connectivity index (χ4n) is 2.91. The summed E-state index contributed by atoms with van der Waals surface area (Å²) < 4.78 is 0. The van der Waals surface area contributed by atoms with Gasteiger partial charge in [-0.25, -0.2) is 4.98 Å². The lowest BCUT2D eigenvalue weighted by Gasteiger charge is -2.29. The summed E-state index contributed by atoms with van der Waals surface area (Å²) >= 11 is 0. The minimum absolute atomic E-state index is 0.893. The molecule has 2 aromatic rings. The van der Waals surface area contributed by atoms with E-state index in [2.05, 4.69) is 32.0 Å². The number of H-pyrrole nitrogens is 1. The lowest BCUT2D eigenvalue weighted by atomic mass is 10.0. The first kappa shape index (κ1) is 14.0. The number of aromatic amines is 1. The molecule has 3 rings (SSSR count). The summed E-state index contributed by atoms with van der Waals surface area (Å²) in [5.41, 5.74) is 5.88. The Morgan fingerprint density at radius 1 is 1.33 bits per heavy atom. The second-order valence-electron chi connectivity index (χ2n) is 5.82. The Labute approximate surface area is 125 Å². The van der Waals surface area contributed by atoms with Crippen molar-refractivity contribution in [1.29, 1.82) is 0 Å². The third kappa shape index (κ3) is 2.77. The third-order valence-electron chi connectivity index (χ3n) is 4.14. The van der Waals surface area contributed by atoms with E-state index in [0.717, 1.165) is 43.1 Å². The molecule has 0 unspecified atom stereocenters. The molecule has 5 nitrogen and oxygen atoms in total. The summed E-state index contributed by atoms with van der Waals surface area (Å²) in [6, 6.07) is 0. The highest BCUT2D eigenvalue weighted by Crippen LogP contribution is 2.26. The van der Waals surface area contributed by atoms with Gasteiger partial charge in [-0.15, -0.1) is 0 Å². The number of hydrogen-bond donors (Lipinski definition) is 1. The lowest BCUT2D eigenvalue weighted by Crippen LogP contribution is -2.32. The molecule has 0 aliphatic carbocycles. The highest BCUT2D eigenvalue weighted by Gasteiger charge is 2.23. The number of fused-ring (bicyclic) bond motifs is 1. The van der Waals surface area contributed by atoms with Gasteiger partial charge in [0.1, 0.15) is 0 Å². The van der Waals surface area contributed by atoms with Gasteiger partial charge in [0.05, 0.1) is 17.1 Å². The van der Waals surface area contributed by atoms with Crippen LogP contribution in [0.15, 0.2) is 6.20 Å². The Kier molecular flexibility index (Phi) is 3.90. The van der Waals surface area contributed by atoms with E-state index in [1.165, 1.54) is 29.8 Å². The molecule has 0 aromatic carbocycles. The average molecular weight is 285 g/mol. The van der Waals surface area contributed by atoms with Crippen LogP contribution in [0.4, 0.5) is 5.82 Å². The van der Waals surface area contributed by atoms with Crippen molar-refractivity contribution in [2.75, 3.05) is 11.4 Å². The summed E-state index contributed by atoms with van der Waals surface area (Å²) in [6.07, 6.45) is 6.30. The molecule has 21 heavy (non-hydrogen) atoms. The van der Waals surface area contributed by atoms with Gasteiger partial charge < -0.3 is 4.90 Å². The maximum Gasteiger partial charge on any atom is 0.150 e. The Morgan fingerprint density at radius 2 is 2.19 bits per heavy atom. The number of unbranched alkanes of at least 4 members (excludes halogenated alkanes) is 1. The van der Waals surface area contributed by atoms with E-state index in [-0.39, 0.29) is 0 Å². The monoisotopic (exact) mass is 285 g/mol. The zero-order valence-corrected chi connectivity index (χ0v) is 13.1. The third-order valence-corrected chi connectivity index (χ3v) is 4.14. The molecule has 2 aromatic heterocycles. The van der Waals surface area contributed by atoms with Crippen molar-refractivity contribution >= 4 is 5.82 Å². The van der Waals surface area contributed by atoms with Crippen LogP contribution in [-0.4, -0.2) is 26.7 Å². The molecule has 1 aliphatic rings. The van der Waals surface area contributed by atoms with Crippen LogP contribution in [0.3, 0.4) is 0 Å². The standard InChI is InChI=1S/C16H23N5/c1-4-5-6-14-13-10-21(8-7-15(13)20-19-14)16-12(3)17-9-11(2)18-16/h9H,4-8,10H2,1-3H3,(H,19,20). The summed E-state index contributed by atoms with van der Waals surface area (Å²) in [5.74, 6) is 1.02. The van der Waals surface area contributed by atoms with Crippen LogP contribution < -0.4 is 4.90 Å². The van der Waals surface area contributed by atoms with Crippen LogP contribution in [0.1, 0.15) is 48.1 Å². The predicted molar refractivity (Wildman–Crippen MR) is 83.5 cm³/mol. The van der Waals surface area contributed by atoms with Crippen LogP contribution in [0.25, 0.3) is 0 Å². The SMILES string of the molecule is CCCCc1n[nH]c2c1CN(c1nc(C)cnc1C)CC2. The summed E-state index contributed by atoms with van der Waals surface area (Å²) in [6.45, 7) is 8.11. The quantitative estimate of drug-likeness (QED) is 0.938. The molecule has 1 aliphatic heterocycles. The van der Waals surface area contributed by atoms with Gasteiger partial charge in [0.25, 0.3) is 0 Å². The topological polar surface area (TPSA) is 57.7 Å². The summed E-state index contributed by atoms with van der Waals surface area (Å²) in [5, 5.41) is 7.74. The molecular weight excluding hydrogens is 262 g/mol. The highest BCUT2D eigenvalue weighted by atomic mass is 15.2. The number of anilines is 1. The van der Waals surface area contributed by atoms with E-state index in [1.54, 1.807) is 0 Å². The van der Waals surface area contributed by atoms with E-state index in [0.29, 0.717) is 0 Å². The number of nitrogens with one attached hydrogen (secondary N) is 1. The van der Waals surface area contributed by atoms with Gasteiger partial charge in [-0.05, 0) is 26.7 Å². The van der Waals surface area contributed by atoms with Crippen molar-refractivity contribution in [3.8, 4) is 0 Å². The van der Waals surface area contributed by atoms with E-state index < -0.39 is 0 Å². The van der Waals surface area contributed by atoms with E-state index >= 15 is 0 Å². The predicted octanol–water partition coefficient (Wildman–Crippen LogP) is 2.72. The number of aryl methyl sites for hydroxylation is 3. The second-order valence-corrected chi connectivity index (χ2v) is 5.82.